The van der Waals surface area contributed by atoms with Gasteiger partial charge in [0.1, 0.15) is 5.75 Å². The van der Waals surface area contributed by atoms with Crippen LogP contribution in [-0.2, 0) is 4.79 Å². The summed E-state index contributed by atoms with van der Waals surface area (Å²) in [6.45, 7) is 6.03. The van der Waals surface area contributed by atoms with Gasteiger partial charge in [0, 0.05) is 10.6 Å². The van der Waals surface area contributed by atoms with Crippen molar-refractivity contribution in [3.63, 3.8) is 0 Å². The molecule has 25 heavy (non-hydrogen) atoms. The fourth-order valence-electron chi connectivity index (χ4n) is 2.20. The van der Waals surface area contributed by atoms with Crippen LogP contribution in [0, 0.1) is 6.92 Å². The minimum absolute atomic E-state index is 0.116. The van der Waals surface area contributed by atoms with Crippen molar-refractivity contribution < 1.29 is 9.53 Å². The summed E-state index contributed by atoms with van der Waals surface area (Å²) in [6, 6.07) is 11.0. The molecule has 1 amide bonds. The normalized spacial score (nSPS) is 11.1. The Labute approximate surface area is 157 Å². The number of amides is 1. The molecule has 0 spiro atoms. The molecule has 0 aromatic heterocycles. The third-order valence-corrected chi connectivity index (χ3v) is 4.07. The molecule has 0 aliphatic rings. The summed E-state index contributed by atoms with van der Waals surface area (Å²) in [5.41, 5.74) is 5.22. The van der Waals surface area contributed by atoms with Gasteiger partial charge < -0.3 is 4.74 Å². The Hall–Kier alpha value is -2.04. The minimum atomic E-state index is -0.349. The lowest BCUT2D eigenvalue weighted by Gasteiger charge is -2.14. The zero-order valence-electron chi connectivity index (χ0n) is 14.3. The van der Waals surface area contributed by atoms with Gasteiger partial charge in [-0.3, -0.25) is 4.79 Å². The number of rotatable bonds is 6. The lowest BCUT2D eigenvalue weighted by atomic mass is 10.0. The third-order valence-electron chi connectivity index (χ3n) is 3.51. The molecule has 0 bridgehead atoms. The van der Waals surface area contributed by atoms with Crippen molar-refractivity contribution in [2.24, 2.45) is 5.10 Å². The topological polar surface area (TPSA) is 50.7 Å². The van der Waals surface area contributed by atoms with Crippen LogP contribution in [0.5, 0.6) is 5.75 Å². The zero-order chi connectivity index (χ0) is 18.4. The summed E-state index contributed by atoms with van der Waals surface area (Å²) >= 11 is 11.9. The van der Waals surface area contributed by atoms with Gasteiger partial charge in [0.15, 0.2) is 6.61 Å². The Morgan fingerprint density at radius 2 is 2.00 bits per heavy atom. The molecule has 2 aromatic carbocycles. The average molecular weight is 379 g/mol. The van der Waals surface area contributed by atoms with Gasteiger partial charge in [-0.2, -0.15) is 5.10 Å². The molecule has 0 atom stereocenters. The number of halogens is 2. The van der Waals surface area contributed by atoms with Crippen LogP contribution in [0.15, 0.2) is 41.5 Å². The van der Waals surface area contributed by atoms with Gasteiger partial charge in [-0.15, -0.1) is 0 Å². The van der Waals surface area contributed by atoms with E-state index in [4.69, 9.17) is 27.9 Å². The highest BCUT2D eigenvalue weighted by atomic mass is 35.5. The SMILES string of the molecule is Cc1ccc(C(C)C)c(OCC(=O)N/N=C/c2ccc(Cl)cc2Cl)c1. The van der Waals surface area contributed by atoms with Gasteiger partial charge in [-0.05, 0) is 42.2 Å². The second-order valence-electron chi connectivity index (χ2n) is 5.94. The van der Waals surface area contributed by atoms with Crippen molar-refractivity contribution >= 4 is 35.3 Å². The number of benzene rings is 2. The summed E-state index contributed by atoms with van der Waals surface area (Å²) in [7, 11) is 0. The van der Waals surface area contributed by atoms with Crippen molar-refractivity contribution in [1.82, 2.24) is 5.43 Å². The number of carbonyl (C=O) groups is 1. The van der Waals surface area contributed by atoms with E-state index in [1.807, 2.05) is 25.1 Å². The molecule has 1 N–H and O–H groups in total. The Bertz CT molecular complexity index is 789. The minimum Gasteiger partial charge on any atom is -0.483 e. The summed E-state index contributed by atoms with van der Waals surface area (Å²) in [5, 5.41) is 4.89. The van der Waals surface area contributed by atoms with E-state index >= 15 is 0 Å². The van der Waals surface area contributed by atoms with E-state index in [0.717, 1.165) is 16.9 Å². The zero-order valence-corrected chi connectivity index (χ0v) is 15.9. The smallest absolute Gasteiger partial charge is 0.277 e. The fourth-order valence-corrected chi connectivity index (χ4v) is 2.66. The largest absolute Gasteiger partial charge is 0.483 e. The molecule has 0 aliphatic carbocycles. The Morgan fingerprint density at radius 1 is 1.24 bits per heavy atom. The van der Waals surface area contributed by atoms with Gasteiger partial charge in [-0.1, -0.05) is 55.2 Å². The first-order valence-electron chi connectivity index (χ1n) is 7.87. The van der Waals surface area contributed by atoms with E-state index in [9.17, 15) is 4.79 Å². The highest BCUT2D eigenvalue weighted by molar-refractivity contribution is 6.36. The van der Waals surface area contributed by atoms with Gasteiger partial charge in [0.25, 0.3) is 5.91 Å². The number of aryl methyl sites for hydroxylation is 1. The summed E-state index contributed by atoms with van der Waals surface area (Å²) in [6.07, 6.45) is 1.46. The van der Waals surface area contributed by atoms with Gasteiger partial charge >= 0.3 is 0 Å². The van der Waals surface area contributed by atoms with Crippen LogP contribution in [0.1, 0.15) is 36.5 Å². The van der Waals surface area contributed by atoms with Crippen LogP contribution in [0.25, 0.3) is 0 Å². The maximum absolute atomic E-state index is 11.9. The summed E-state index contributed by atoms with van der Waals surface area (Å²) in [4.78, 5) is 11.9. The van der Waals surface area contributed by atoms with Crippen molar-refractivity contribution in [3.05, 3.63) is 63.1 Å². The lowest BCUT2D eigenvalue weighted by Crippen LogP contribution is -2.25. The van der Waals surface area contributed by atoms with E-state index in [-0.39, 0.29) is 12.5 Å². The molecule has 0 saturated carbocycles. The number of hydrazone groups is 1. The number of nitrogens with one attached hydrogen (secondary N) is 1. The van der Waals surface area contributed by atoms with Crippen LogP contribution >= 0.6 is 23.2 Å². The molecule has 0 unspecified atom stereocenters. The van der Waals surface area contributed by atoms with Crippen molar-refractivity contribution in [2.75, 3.05) is 6.61 Å². The molecule has 6 heteroatoms. The summed E-state index contributed by atoms with van der Waals surface area (Å²) < 4.78 is 5.65. The number of ether oxygens (including phenoxy) is 1. The van der Waals surface area contributed by atoms with Gasteiger partial charge in [0.05, 0.1) is 11.2 Å². The second-order valence-corrected chi connectivity index (χ2v) is 6.79. The predicted octanol–water partition coefficient (Wildman–Crippen LogP) is 4.95. The molecule has 2 aromatic rings. The number of carbonyl (C=O) groups excluding carboxylic acids is 1. The van der Waals surface area contributed by atoms with Crippen molar-refractivity contribution in [1.29, 1.82) is 0 Å². The molecule has 0 aliphatic heterocycles. The molecule has 0 saturated heterocycles. The van der Waals surface area contributed by atoms with E-state index in [2.05, 4.69) is 24.4 Å². The first kappa shape index (κ1) is 19.3. The highest BCUT2D eigenvalue weighted by Gasteiger charge is 2.10. The monoisotopic (exact) mass is 378 g/mol. The number of nitrogens with zero attached hydrogens (tertiary/aromatic N) is 1. The standard InChI is InChI=1S/C19H20Cl2N2O2/c1-12(2)16-7-4-13(3)8-18(16)25-11-19(24)23-22-10-14-5-6-15(20)9-17(14)21/h4-10,12H,11H2,1-3H3,(H,23,24)/b22-10+. The Balaban J connectivity index is 1.93. The van der Waals surface area contributed by atoms with Gasteiger partial charge in [-0.25, -0.2) is 5.43 Å². The molecule has 0 heterocycles. The van der Waals surface area contributed by atoms with Crippen LogP contribution in [0.4, 0.5) is 0 Å². The Morgan fingerprint density at radius 3 is 2.68 bits per heavy atom. The van der Waals surface area contributed by atoms with Crippen molar-refractivity contribution in [2.45, 2.75) is 26.7 Å². The number of hydrogen-bond donors (Lipinski definition) is 1. The van der Waals surface area contributed by atoms with Crippen LogP contribution in [0.3, 0.4) is 0 Å². The van der Waals surface area contributed by atoms with Crippen LogP contribution < -0.4 is 10.2 Å². The maximum Gasteiger partial charge on any atom is 0.277 e. The molecule has 2 rings (SSSR count). The highest BCUT2D eigenvalue weighted by Crippen LogP contribution is 2.27. The summed E-state index contributed by atoms with van der Waals surface area (Å²) in [5.74, 6) is 0.677. The lowest BCUT2D eigenvalue weighted by molar-refractivity contribution is -0.123. The van der Waals surface area contributed by atoms with E-state index in [1.165, 1.54) is 6.21 Å². The maximum atomic E-state index is 11.9. The van der Waals surface area contributed by atoms with Crippen molar-refractivity contribution in [3.8, 4) is 5.75 Å². The van der Waals surface area contributed by atoms with Gasteiger partial charge in [0.2, 0.25) is 0 Å². The van der Waals surface area contributed by atoms with Crippen LogP contribution in [0.2, 0.25) is 10.0 Å². The first-order chi connectivity index (χ1) is 11.9. The fraction of sp³-hybridized carbons (Fsp3) is 0.263. The number of hydrogen-bond acceptors (Lipinski definition) is 3. The first-order valence-corrected chi connectivity index (χ1v) is 8.62. The molecular formula is C19H20Cl2N2O2. The van der Waals surface area contributed by atoms with Crippen LogP contribution in [-0.4, -0.2) is 18.7 Å². The molecule has 132 valence electrons. The van der Waals surface area contributed by atoms with E-state index < -0.39 is 0 Å². The van der Waals surface area contributed by atoms with E-state index in [0.29, 0.717) is 21.5 Å². The van der Waals surface area contributed by atoms with E-state index in [1.54, 1.807) is 18.2 Å². The second kappa shape index (κ2) is 8.88. The quantitative estimate of drug-likeness (QED) is 0.570. The average Bonchev–Trinajstić information content (AvgIpc) is 2.54. The third kappa shape index (κ3) is 5.76. The molecular weight excluding hydrogens is 359 g/mol. The Kier molecular flexibility index (Phi) is 6.85. The predicted molar refractivity (Wildman–Crippen MR) is 103 cm³/mol. The molecule has 0 radical (unpaired) electrons. The molecule has 0 fully saturated rings. The molecule has 4 nitrogen and oxygen atoms in total.